The molecular formula is C9H7ClN2O4S. The molecule has 90 valence electrons. The zero-order valence-electron chi connectivity index (χ0n) is 8.38. The van der Waals surface area contributed by atoms with Gasteiger partial charge in [-0.1, -0.05) is 17.9 Å². The highest BCUT2D eigenvalue weighted by atomic mass is 35.7. The molecule has 6 nitrogen and oxygen atoms in total. The van der Waals surface area contributed by atoms with Crippen molar-refractivity contribution in [2.75, 3.05) is 6.54 Å². The highest BCUT2D eigenvalue weighted by Crippen LogP contribution is 2.27. The van der Waals surface area contributed by atoms with Gasteiger partial charge in [0.2, 0.25) is 0 Å². The van der Waals surface area contributed by atoms with E-state index < -0.39 is 24.6 Å². The molecule has 0 unspecified atom stereocenters. The number of hydrogen-bond donors (Lipinski definition) is 1. The molecule has 0 aliphatic rings. The second-order valence-corrected chi connectivity index (χ2v) is 5.39. The van der Waals surface area contributed by atoms with Crippen LogP contribution in [0.5, 0.6) is 0 Å². The summed E-state index contributed by atoms with van der Waals surface area (Å²) in [5, 5.41) is 10.7. The van der Waals surface area contributed by atoms with Crippen LogP contribution in [0.2, 0.25) is 0 Å². The van der Waals surface area contributed by atoms with Gasteiger partial charge < -0.3 is 5.73 Å². The summed E-state index contributed by atoms with van der Waals surface area (Å²) in [5.74, 6) is 4.71. The zero-order valence-corrected chi connectivity index (χ0v) is 9.96. The van der Waals surface area contributed by atoms with Crippen LogP contribution in [0.1, 0.15) is 5.56 Å². The Labute approximate surface area is 102 Å². The molecule has 0 aromatic heterocycles. The van der Waals surface area contributed by atoms with Gasteiger partial charge in [0.15, 0.2) is 0 Å². The van der Waals surface area contributed by atoms with Gasteiger partial charge in [-0.05, 0) is 6.07 Å². The second-order valence-electron chi connectivity index (χ2n) is 2.85. The fraction of sp³-hybridized carbons (Fsp3) is 0.111. The van der Waals surface area contributed by atoms with Gasteiger partial charge in [-0.25, -0.2) is 8.42 Å². The molecule has 0 bridgehead atoms. The predicted octanol–water partition coefficient (Wildman–Crippen LogP) is 0.833. The number of nitro benzene ring substituents is 1. The lowest BCUT2D eigenvalue weighted by Gasteiger charge is -2.01. The Bertz CT molecular complexity index is 616. The second kappa shape index (κ2) is 5.14. The number of halogens is 1. The van der Waals surface area contributed by atoms with Crippen LogP contribution >= 0.6 is 10.7 Å². The predicted molar refractivity (Wildman–Crippen MR) is 62.1 cm³/mol. The van der Waals surface area contributed by atoms with E-state index in [4.69, 9.17) is 16.4 Å². The lowest BCUT2D eigenvalue weighted by Crippen LogP contribution is -2.01. The summed E-state index contributed by atoms with van der Waals surface area (Å²) in [6.07, 6.45) is 0. The maximum absolute atomic E-state index is 11.2. The van der Waals surface area contributed by atoms with Gasteiger partial charge in [0.05, 0.1) is 11.5 Å². The molecule has 0 aliphatic heterocycles. The van der Waals surface area contributed by atoms with Gasteiger partial charge in [-0.3, -0.25) is 10.1 Å². The van der Waals surface area contributed by atoms with E-state index >= 15 is 0 Å². The molecule has 8 heteroatoms. The monoisotopic (exact) mass is 274 g/mol. The fourth-order valence-corrected chi connectivity index (χ4v) is 2.17. The zero-order chi connectivity index (χ0) is 13.1. The molecule has 0 fully saturated rings. The maximum atomic E-state index is 11.2. The van der Waals surface area contributed by atoms with Gasteiger partial charge >= 0.3 is 0 Å². The minimum atomic E-state index is -4.10. The van der Waals surface area contributed by atoms with Crippen LogP contribution in [0, 0.1) is 22.0 Å². The van der Waals surface area contributed by atoms with Crippen molar-refractivity contribution in [2.24, 2.45) is 5.73 Å². The van der Waals surface area contributed by atoms with Gasteiger partial charge in [-0.2, -0.15) is 0 Å². The smallest absolute Gasteiger partial charge is 0.286 e. The average molecular weight is 275 g/mol. The van der Waals surface area contributed by atoms with Gasteiger partial charge in [0.1, 0.15) is 10.5 Å². The third kappa shape index (κ3) is 3.17. The first kappa shape index (κ1) is 13.4. The number of nitrogens with two attached hydrogens (primary N) is 1. The summed E-state index contributed by atoms with van der Waals surface area (Å²) in [4.78, 5) is 9.61. The molecule has 0 atom stereocenters. The molecule has 0 heterocycles. The molecule has 0 saturated heterocycles. The van der Waals surface area contributed by atoms with E-state index in [2.05, 4.69) is 11.8 Å². The SMILES string of the molecule is NCC#Cc1c([N+](=O)[O-])cccc1S(=O)(=O)Cl. The molecule has 2 N–H and O–H groups in total. The Morgan fingerprint density at radius 2 is 2.12 bits per heavy atom. The highest BCUT2D eigenvalue weighted by Gasteiger charge is 2.22. The Morgan fingerprint density at radius 3 is 2.59 bits per heavy atom. The largest absolute Gasteiger partial charge is 0.320 e. The van der Waals surface area contributed by atoms with Crippen molar-refractivity contribution in [3.05, 3.63) is 33.9 Å². The quantitative estimate of drug-likeness (QED) is 0.372. The number of benzene rings is 1. The summed E-state index contributed by atoms with van der Waals surface area (Å²) < 4.78 is 22.5. The maximum Gasteiger partial charge on any atom is 0.286 e. The lowest BCUT2D eigenvalue weighted by atomic mass is 10.2. The van der Waals surface area contributed by atoms with Crippen molar-refractivity contribution < 1.29 is 13.3 Å². The van der Waals surface area contributed by atoms with Gasteiger partial charge in [-0.15, -0.1) is 0 Å². The number of nitro groups is 1. The van der Waals surface area contributed by atoms with Crippen LogP contribution in [0.4, 0.5) is 5.69 Å². The van der Waals surface area contributed by atoms with Crippen molar-refractivity contribution >= 4 is 25.4 Å². The van der Waals surface area contributed by atoms with E-state index in [0.29, 0.717) is 0 Å². The van der Waals surface area contributed by atoms with Crippen LogP contribution < -0.4 is 5.73 Å². The van der Waals surface area contributed by atoms with E-state index in [1.807, 2.05) is 0 Å². The Kier molecular flexibility index (Phi) is 4.07. The van der Waals surface area contributed by atoms with Crippen LogP contribution in [0.3, 0.4) is 0 Å². The molecule has 0 spiro atoms. The first-order valence-electron chi connectivity index (χ1n) is 4.29. The third-order valence-corrected chi connectivity index (χ3v) is 3.14. The number of nitrogens with zero attached hydrogens (tertiary/aromatic N) is 1. The summed E-state index contributed by atoms with van der Waals surface area (Å²) in [6.45, 7) is -0.0478. The van der Waals surface area contributed by atoms with Gasteiger partial charge in [0.25, 0.3) is 14.7 Å². The van der Waals surface area contributed by atoms with Crippen molar-refractivity contribution in [1.82, 2.24) is 0 Å². The number of hydrogen-bond acceptors (Lipinski definition) is 5. The van der Waals surface area contributed by atoms with Crippen LogP contribution in [-0.2, 0) is 9.05 Å². The van der Waals surface area contributed by atoms with Crippen molar-refractivity contribution in [2.45, 2.75) is 4.90 Å². The van der Waals surface area contributed by atoms with Crippen LogP contribution in [-0.4, -0.2) is 19.9 Å². The first-order valence-corrected chi connectivity index (χ1v) is 6.60. The molecule has 17 heavy (non-hydrogen) atoms. The topological polar surface area (TPSA) is 103 Å². The van der Waals surface area contributed by atoms with Crippen molar-refractivity contribution in [3.8, 4) is 11.8 Å². The summed E-state index contributed by atoms with van der Waals surface area (Å²) in [5.41, 5.74) is 4.46. The van der Waals surface area contributed by atoms with E-state index in [-0.39, 0.29) is 12.1 Å². The van der Waals surface area contributed by atoms with Crippen molar-refractivity contribution in [3.63, 3.8) is 0 Å². The highest BCUT2D eigenvalue weighted by molar-refractivity contribution is 8.13. The Hall–Kier alpha value is -1.62. The molecule has 0 aliphatic carbocycles. The standard InChI is InChI=1S/C9H7ClN2O4S/c10-17(15,16)9-5-1-4-8(12(13)14)7(9)3-2-6-11/h1,4-5H,6,11H2. The Morgan fingerprint density at radius 1 is 1.47 bits per heavy atom. The first-order chi connectivity index (χ1) is 7.88. The normalized spacial score (nSPS) is 10.5. The molecular weight excluding hydrogens is 268 g/mol. The third-order valence-electron chi connectivity index (χ3n) is 1.78. The fourth-order valence-electron chi connectivity index (χ4n) is 1.14. The molecule has 0 saturated carbocycles. The number of rotatable bonds is 2. The van der Waals surface area contributed by atoms with E-state index in [1.165, 1.54) is 6.07 Å². The van der Waals surface area contributed by atoms with E-state index in [0.717, 1.165) is 12.1 Å². The molecule has 1 aromatic carbocycles. The Balaban J connectivity index is 3.63. The molecule has 1 aromatic rings. The molecule has 0 radical (unpaired) electrons. The summed E-state index contributed by atoms with van der Waals surface area (Å²) >= 11 is 0. The summed E-state index contributed by atoms with van der Waals surface area (Å²) in [6, 6.07) is 3.52. The molecule has 1 rings (SSSR count). The average Bonchev–Trinajstić information content (AvgIpc) is 2.24. The van der Waals surface area contributed by atoms with Gasteiger partial charge in [0, 0.05) is 16.7 Å². The summed E-state index contributed by atoms with van der Waals surface area (Å²) in [7, 11) is 1.07. The minimum absolute atomic E-state index is 0.0478. The minimum Gasteiger partial charge on any atom is -0.320 e. The van der Waals surface area contributed by atoms with E-state index in [1.54, 1.807) is 0 Å². The van der Waals surface area contributed by atoms with Crippen LogP contribution in [0.15, 0.2) is 23.1 Å². The van der Waals surface area contributed by atoms with Crippen molar-refractivity contribution in [1.29, 1.82) is 0 Å². The van der Waals surface area contributed by atoms with Crippen LogP contribution in [0.25, 0.3) is 0 Å². The van der Waals surface area contributed by atoms with E-state index in [9.17, 15) is 18.5 Å². The molecule has 0 amide bonds. The lowest BCUT2D eigenvalue weighted by molar-refractivity contribution is -0.385.